The highest BCUT2D eigenvalue weighted by atomic mass is 35.5. The van der Waals surface area contributed by atoms with Crippen LogP contribution in [0, 0.1) is 0 Å². The summed E-state index contributed by atoms with van der Waals surface area (Å²) in [6.45, 7) is 0. The number of rotatable bonds is 1. The Balaban J connectivity index is 2.03. The summed E-state index contributed by atoms with van der Waals surface area (Å²) >= 11 is 6.37. The summed E-state index contributed by atoms with van der Waals surface area (Å²) in [5, 5.41) is 2.65. The standard InChI is InChI=1S/C18H11ClN2/c19-16-10-13-9-14(12-5-2-1-3-6-12)11-21-17(13)18-15(16)7-4-8-20-18/h1-11H. The Hall–Kier alpha value is -2.45. The van der Waals surface area contributed by atoms with Gasteiger partial charge in [-0.25, -0.2) is 0 Å². The van der Waals surface area contributed by atoms with Gasteiger partial charge in [-0.05, 0) is 29.8 Å². The summed E-state index contributed by atoms with van der Waals surface area (Å²) < 4.78 is 0. The lowest BCUT2D eigenvalue weighted by Gasteiger charge is -2.07. The van der Waals surface area contributed by atoms with Crippen molar-refractivity contribution in [3.05, 3.63) is 72.0 Å². The van der Waals surface area contributed by atoms with Crippen molar-refractivity contribution in [1.29, 1.82) is 0 Å². The average molecular weight is 291 g/mol. The molecule has 0 fully saturated rings. The highest BCUT2D eigenvalue weighted by Gasteiger charge is 2.08. The molecule has 0 saturated heterocycles. The van der Waals surface area contributed by atoms with Gasteiger partial charge in [-0.1, -0.05) is 41.9 Å². The van der Waals surface area contributed by atoms with Crippen LogP contribution in [-0.4, -0.2) is 9.97 Å². The molecule has 0 amide bonds. The van der Waals surface area contributed by atoms with Gasteiger partial charge in [-0.2, -0.15) is 0 Å². The summed E-state index contributed by atoms with van der Waals surface area (Å²) in [5.74, 6) is 0. The van der Waals surface area contributed by atoms with E-state index in [2.05, 4.69) is 28.2 Å². The quantitative estimate of drug-likeness (QED) is 0.456. The number of nitrogens with zero attached hydrogens (tertiary/aromatic N) is 2. The van der Waals surface area contributed by atoms with Gasteiger partial charge in [-0.15, -0.1) is 0 Å². The molecule has 0 unspecified atom stereocenters. The molecule has 0 aliphatic heterocycles. The Kier molecular flexibility index (Phi) is 2.83. The van der Waals surface area contributed by atoms with E-state index in [9.17, 15) is 0 Å². The molecule has 0 radical (unpaired) electrons. The van der Waals surface area contributed by atoms with E-state index in [1.165, 1.54) is 0 Å². The summed E-state index contributed by atoms with van der Waals surface area (Å²) in [4.78, 5) is 9.03. The summed E-state index contributed by atoms with van der Waals surface area (Å²) in [6.07, 6.45) is 3.66. The van der Waals surface area contributed by atoms with Crippen LogP contribution >= 0.6 is 11.6 Å². The van der Waals surface area contributed by atoms with Crippen LogP contribution < -0.4 is 0 Å². The van der Waals surface area contributed by atoms with Crippen molar-refractivity contribution in [2.45, 2.75) is 0 Å². The number of hydrogen-bond acceptors (Lipinski definition) is 2. The second-order valence-electron chi connectivity index (χ2n) is 4.92. The number of benzene rings is 2. The van der Waals surface area contributed by atoms with Crippen molar-refractivity contribution in [3.63, 3.8) is 0 Å². The van der Waals surface area contributed by atoms with Crippen LogP contribution in [0.1, 0.15) is 0 Å². The third-order valence-electron chi connectivity index (χ3n) is 3.60. The SMILES string of the molecule is Clc1cc2cc(-c3ccccc3)cnc2c2ncccc12. The Morgan fingerprint density at radius 2 is 1.62 bits per heavy atom. The smallest absolute Gasteiger partial charge is 0.0979 e. The van der Waals surface area contributed by atoms with Crippen LogP contribution in [0.5, 0.6) is 0 Å². The maximum atomic E-state index is 6.37. The molecule has 21 heavy (non-hydrogen) atoms. The lowest BCUT2D eigenvalue weighted by atomic mass is 10.0. The topological polar surface area (TPSA) is 25.8 Å². The van der Waals surface area contributed by atoms with Crippen molar-refractivity contribution in [2.24, 2.45) is 0 Å². The van der Waals surface area contributed by atoms with Gasteiger partial charge in [0.2, 0.25) is 0 Å². The molecule has 2 heterocycles. The molecule has 3 heteroatoms. The van der Waals surface area contributed by atoms with Gasteiger partial charge in [0.05, 0.1) is 16.1 Å². The largest absolute Gasteiger partial charge is 0.254 e. The van der Waals surface area contributed by atoms with E-state index in [-0.39, 0.29) is 0 Å². The molecular formula is C18H11ClN2. The first-order valence-corrected chi connectivity index (χ1v) is 7.09. The average Bonchev–Trinajstić information content (AvgIpc) is 2.55. The zero-order chi connectivity index (χ0) is 14.2. The van der Waals surface area contributed by atoms with Gasteiger partial charge in [0.15, 0.2) is 0 Å². The lowest BCUT2D eigenvalue weighted by molar-refractivity contribution is 1.37. The molecule has 0 N–H and O–H groups in total. The normalized spacial score (nSPS) is 11.1. The highest BCUT2D eigenvalue weighted by molar-refractivity contribution is 6.37. The Labute approximate surface area is 127 Å². The van der Waals surface area contributed by atoms with Crippen molar-refractivity contribution in [3.8, 4) is 11.1 Å². The fourth-order valence-corrected chi connectivity index (χ4v) is 2.85. The number of halogens is 1. The molecule has 0 saturated carbocycles. The van der Waals surface area contributed by atoms with Gasteiger partial charge < -0.3 is 0 Å². The fraction of sp³-hybridized carbons (Fsp3) is 0. The Morgan fingerprint density at radius 1 is 0.762 bits per heavy atom. The molecule has 0 bridgehead atoms. The van der Waals surface area contributed by atoms with E-state index in [4.69, 9.17) is 11.6 Å². The molecule has 2 aromatic heterocycles. The molecule has 4 aromatic rings. The first-order chi connectivity index (χ1) is 10.3. The molecule has 4 rings (SSSR count). The monoisotopic (exact) mass is 290 g/mol. The van der Waals surface area contributed by atoms with Crippen LogP contribution in [0.15, 0.2) is 67.0 Å². The maximum absolute atomic E-state index is 6.37. The minimum atomic E-state index is 0.706. The van der Waals surface area contributed by atoms with E-state index in [0.29, 0.717) is 5.02 Å². The van der Waals surface area contributed by atoms with Crippen LogP contribution in [0.25, 0.3) is 32.9 Å². The van der Waals surface area contributed by atoms with Gasteiger partial charge in [0.25, 0.3) is 0 Å². The maximum Gasteiger partial charge on any atom is 0.0979 e. The molecular weight excluding hydrogens is 280 g/mol. The van der Waals surface area contributed by atoms with E-state index >= 15 is 0 Å². The second-order valence-corrected chi connectivity index (χ2v) is 5.33. The minimum absolute atomic E-state index is 0.706. The third kappa shape index (κ3) is 2.05. The predicted molar refractivity (Wildman–Crippen MR) is 87.5 cm³/mol. The highest BCUT2D eigenvalue weighted by Crippen LogP contribution is 2.31. The molecule has 0 atom stereocenters. The minimum Gasteiger partial charge on any atom is -0.254 e. The van der Waals surface area contributed by atoms with Crippen LogP contribution in [0.4, 0.5) is 0 Å². The predicted octanol–water partition coefficient (Wildman–Crippen LogP) is 5.10. The third-order valence-corrected chi connectivity index (χ3v) is 3.91. The molecule has 0 aliphatic rings. The second kappa shape index (κ2) is 4.83. The van der Waals surface area contributed by atoms with E-state index in [1.807, 2.05) is 42.6 Å². The first-order valence-electron chi connectivity index (χ1n) is 6.71. The van der Waals surface area contributed by atoms with Crippen molar-refractivity contribution in [2.75, 3.05) is 0 Å². The van der Waals surface area contributed by atoms with Crippen molar-refractivity contribution >= 4 is 33.4 Å². The van der Waals surface area contributed by atoms with Gasteiger partial charge in [0, 0.05) is 28.7 Å². The Bertz CT molecular complexity index is 949. The molecule has 0 spiro atoms. The van der Waals surface area contributed by atoms with Gasteiger partial charge >= 0.3 is 0 Å². The van der Waals surface area contributed by atoms with Crippen molar-refractivity contribution in [1.82, 2.24) is 9.97 Å². The number of hydrogen-bond donors (Lipinski definition) is 0. The Morgan fingerprint density at radius 3 is 2.48 bits per heavy atom. The zero-order valence-corrected chi connectivity index (χ0v) is 11.9. The van der Waals surface area contributed by atoms with Gasteiger partial charge in [-0.3, -0.25) is 9.97 Å². The van der Waals surface area contributed by atoms with E-state index in [1.54, 1.807) is 6.20 Å². The first kappa shape index (κ1) is 12.3. The molecule has 100 valence electrons. The van der Waals surface area contributed by atoms with Crippen LogP contribution in [-0.2, 0) is 0 Å². The lowest BCUT2D eigenvalue weighted by Crippen LogP contribution is -1.87. The molecule has 0 aliphatic carbocycles. The molecule has 2 aromatic carbocycles. The van der Waals surface area contributed by atoms with Crippen LogP contribution in [0.3, 0.4) is 0 Å². The number of fused-ring (bicyclic) bond motifs is 3. The summed E-state index contributed by atoms with van der Waals surface area (Å²) in [5.41, 5.74) is 3.95. The summed E-state index contributed by atoms with van der Waals surface area (Å²) in [6, 6.07) is 18.1. The van der Waals surface area contributed by atoms with Crippen LogP contribution in [0.2, 0.25) is 5.02 Å². The fourth-order valence-electron chi connectivity index (χ4n) is 2.58. The molecule has 2 nitrogen and oxygen atoms in total. The number of aromatic nitrogens is 2. The van der Waals surface area contributed by atoms with Crippen molar-refractivity contribution < 1.29 is 0 Å². The van der Waals surface area contributed by atoms with E-state index < -0.39 is 0 Å². The van der Waals surface area contributed by atoms with Gasteiger partial charge in [0.1, 0.15) is 0 Å². The summed E-state index contributed by atoms with van der Waals surface area (Å²) in [7, 11) is 0. The zero-order valence-electron chi connectivity index (χ0n) is 11.1. The number of pyridine rings is 2. The van der Waals surface area contributed by atoms with E-state index in [0.717, 1.165) is 32.9 Å².